The van der Waals surface area contributed by atoms with Gasteiger partial charge >= 0.3 is 0 Å². The molecule has 0 saturated carbocycles. The minimum absolute atomic E-state index is 0.945. The standard InChI is InChI=1S/2C7H10N2/c2*1-6-2-4-7(9-8)5-3-6/h2*2-5,9H,8H2,1H3. The molecule has 4 heteroatoms. The average molecular weight is 244 g/mol. The summed E-state index contributed by atoms with van der Waals surface area (Å²) in [6.07, 6.45) is 0. The molecule has 2 aromatic rings. The topological polar surface area (TPSA) is 76.1 Å². The number of hydrogen-bond acceptors (Lipinski definition) is 4. The second kappa shape index (κ2) is 7.32. The third-order valence-corrected chi connectivity index (χ3v) is 2.44. The fourth-order valence-electron chi connectivity index (χ4n) is 1.30. The first-order valence-electron chi connectivity index (χ1n) is 5.72. The van der Waals surface area contributed by atoms with Gasteiger partial charge in [-0.1, -0.05) is 35.4 Å². The van der Waals surface area contributed by atoms with Crippen LogP contribution in [0.1, 0.15) is 11.1 Å². The van der Waals surface area contributed by atoms with Gasteiger partial charge < -0.3 is 10.9 Å². The van der Waals surface area contributed by atoms with E-state index >= 15 is 0 Å². The Bertz CT molecular complexity index is 403. The summed E-state index contributed by atoms with van der Waals surface area (Å²) in [5, 5.41) is 0. The van der Waals surface area contributed by atoms with Crippen LogP contribution in [0.15, 0.2) is 48.5 Å². The second-order valence-electron chi connectivity index (χ2n) is 4.02. The predicted octanol–water partition coefficient (Wildman–Crippen LogP) is 2.56. The van der Waals surface area contributed by atoms with E-state index in [1.54, 1.807) is 0 Å². The second-order valence-corrected chi connectivity index (χ2v) is 4.02. The molecule has 0 atom stereocenters. The van der Waals surface area contributed by atoms with Gasteiger partial charge in [0.15, 0.2) is 0 Å². The van der Waals surface area contributed by atoms with Gasteiger partial charge in [0.25, 0.3) is 0 Å². The van der Waals surface area contributed by atoms with Crippen molar-refractivity contribution in [3.63, 3.8) is 0 Å². The molecule has 6 N–H and O–H groups in total. The van der Waals surface area contributed by atoms with Gasteiger partial charge in [-0.05, 0) is 38.1 Å². The molecule has 0 aromatic heterocycles. The number of hydrogen-bond donors (Lipinski definition) is 4. The van der Waals surface area contributed by atoms with Crippen LogP contribution in [0.2, 0.25) is 0 Å². The first kappa shape index (κ1) is 14.0. The van der Waals surface area contributed by atoms with E-state index in [4.69, 9.17) is 11.7 Å². The Hall–Kier alpha value is -2.04. The summed E-state index contributed by atoms with van der Waals surface area (Å²) in [6.45, 7) is 4.08. The molecular weight excluding hydrogens is 224 g/mol. The normalized spacial score (nSPS) is 9.11. The zero-order valence-electron chi connectivity index (χ0n) is 10.8. The summed E-state index contributed by atoms with van der Waals surface area (Å²) < 4.78 is 0. The molecule has 0 fully saturated rings. The Morgan fingerprint density at radius 3 is 1.11 bits per heavy atom. The molecule has 0 unspecified atom stereocenters. The van der Waals surface area contributed by atoms with Crippen molar-refractivity contribution >= 4 is 11.4 Å². The van der Waals surface area contributed by atoms with Crippen molar-refractivity contribution in [3.05, 3.63) is 59.7 Å². The van der Waals surface area contributed by atoms with E-state index in [9.17, 15) is 0 Å². The molecule has 18 heavy (non-hydrogen) atoms. The molecule has 0 spiro atoms. The fourth-order valence-corrected chi connectivity index (χ4v) is 1.30. The van der Waals surface area contributed by atoms with Crippen LogP contribution in [-0.2, 0) is 0 Å². The number of rotatable bonds is 2. The first-order valence-corrected chi connectivity index (χ1v) is 5.72. The Kier molecular flexibility index (Phi) is 5.70. The summed E-state index contributed by atoms with van der Waals surface area (Å²) in [6, 6.07) is 15.8. The number of benzene rings is 2. The molecule has 2 rings (SSSR count). The van der Waals surface area contributed by atoms with Crippen molar-refractivity contribution in [3.8, 4) is 0 Å². The lowest BCUT2D eigenvalue weighted by Crippen LogP contribution is -2.05. The van der Waals surface area contributed by atoms with Gasteiger partial charge in [-0.15, -0.1) is 0 Å². The molecular formula is C14H20N4. The molecule has 4 nitrogen and oxygen atoms in total. The maximum atomic E-state index is 5.15. The average Bonchev–Trinajstić information content (AvgIpc) is 2.41. The van der Waals surface area contributed by atoms with Crippen molar-refractivity contribution in [2.24, 2.45) is 11.7 Å². The molecule has 0 heterocycles. The fraction of sp³-hybridized carbons (Fsp3) is 0.143. The number of anilines is 2. The zero-order valence-corrected chi connectivity index (χ0v) is 10.8. The molecule has 96 valence electrons. The highest BCUT2D eigenvalue weighted by Crippen LogP contribution is 2.06. The van der Waals surface area contributed by atoms with Crippen molar-refractivity contribution in [1.82, 2.24) is 0 Å². The van der Waals surface area contributed by atoms with E-state index in [1.807, 2.05) is 62.4 Å². The van der Waals surface area contributed by atoms with Crippen LogP contribution in [0.5, 0.6) is 0 Å². The number of nitrogen functional groups attached to an aromatic ring is 2. The van der Waals surface area contributed by atoms with Gasteiger partial charge in [-0.2, -0.15) is 0 Å². The zero-order chi connectivity index (χ0) is 13.4. The molecule has 0 amide bonds. The Morgan fingerprint density at radius 2 is 0.889 bits per heavy atom. The van der Waals surface area contributed by atoms with E-state index in [0.29, 0.717) is 0 Å². The van der Waals surface area contributed by atoms with Crippen LogP contribution in [0.4, 0.5) is 11.4 Å². The lowest BCUT2D eigenvalue weighted by molar-refractivity contribution is 1.34. The largest absolute Gasteiger partial charge is 0.324 e. The maximum absolute atomic E-state index is 5.15. The summed E-state index contributed by atoms with van der Waals surface area (Å²) in [7, 11) is 0. The van der Waals surface area contributed by atoms with Gasteiger partial charge in [-0.25, -0.2) is 0 Å². The highest BCUT2D eigenvalue weighted by Gasteiger charge is 1.84. The number of hydrazine groups is 2. The Morgan fingerprint density at radius 1 is 0.611 bits per heavy atom. The van der Waals surface area contributed by atoms with Gasteiger partial charge in [-0.3, -0.25) is 11.7 Å². The van der Waals surface area contributed by atoms with Crippen LogP contribution in [0, 0.1) is 13.8 Å². The minimum atomic E-state index is 0.945. The quantitative estimate of drug-likeness (QED) is 0.484. The summed E-state index contributed by atoms with van der Waals surface area (Å²) >= 11 is 0. The van der Waals surface area contributed by atoms with Crippen LogP contribution in [0.3, 0.4) is 0 Å². The van der Waals surface area contributed by atoms with E-state index in [1.165, 1.54) is 11.1 Å². The number of aryl methyl sites for hydroxylation is 2. The van der Waals surface area contributed by atoms with E-state index in [2.05, 4.69) is 10.9 Å². The highest BCUT2D eigenvalue weighted by molar-refractivity contribution is 5.43. The van der Waals surface area contributed by atoms with Crippen LogP contribution in [0.25, 0.3) is 0 Å². The van der Waals surface area contributed by atoms with Crippen molar-refractivity contribution in [2.45, 2.75) is 13.8 Å². The SMILES string of the molecule is Cc1ccc(NN)cc1.Cc1ccc(NN)cc1. The van der Waals surface area contributed by atoms with Gasteiger partial charge in [0.1, 0.15) is 0 Å². The van der Waals surface area contributed by atoms with Crippen LogP contribution >= 0.6 is 0 Å². The van der Waals surface area contributed by atoms with Crippen LogP contribution < -0.4 is 22.5 Å². The lowest BCUT2D eigenvalue weighted by atomic mass is 10.2. The first-order chi connectivity index (χ1) is 8.65. The molecule has 0 aliphatic heterocycles. The molecule has 0 aliphatic carbocycles. The molecule has 0 saturated heterocycles. The van der Waals surface area contributed by atoms with Crippen molar-refractivity contribution < 1.29 is 0 Å². The third-order valence-electron chi connectivity index (χ3n) is 2.44. The monoisotopic (exact) mass is 244 g/mol. The van der Waals surface area contributed by atoms with E-state index in [-0.39, 0.29) is 0 Å². The highest BCUT2D eigenvalue weighted by atomic mass is 15.2. The van der Waals surface area contributed by atoms with Crippen molar-refractivity contribution in [1.29, 1.82) is 0 Å². The predicted molar refractivity (Wildman–Crippen MR) is 78.0 cm³/mol. The Balaban J connectivity index is 0.000000180. The lowest BCUT2D eigenvalue weighted by Gasteiger charge is -1.97. The molecule has 0 radical (unpaired) electrons. The summed E-state index contributed by atoms with van der Waals surface area (Å²) in [4.78, 5) is 0. The van der Waals surface area contributed by atoms with E-state index in [0.717, 1.165) is 11.4 Å². The molecule has 0 bridgehead atoms. The number of nitrogens with one attached hydrogen (secondary N) is 2. The molecule has 0 aliphatic rings. The van der Waals surface area contributed by atoms with Gasteiger partial charge in [0.2, 0.25) is 0 Å². The Labute approximate surface area is 108 Å². The molecule has 2 aromatic carbocycles. The van der Waals surface area contributed by atoms with Gasteiger partial charge in [0, 0.05) is 11.4 Å². The van der Waals surface area contributed by atoms with Crippen LogP contribution in [-0.4, -0.2) is 0 Å². The van der Waals surface area contributed by atoms with E-state index < -0.39 is 0 Å². The maximum Gasteiger partial charge on any atom is 0.0485 e. The third kappa shape index (κ3) is 4.86. The summed E-state index contributed by atoms with van der Waals surface area (Å²) in [5.74, 6) is 10.3. The number of nitrogens with two attached hydrogens (primary N) is 2. The van der Waals surface area contributed by atoms with Gasteiger partial charge in [0.05, 0.1) is 0 Å². The minimum Gasteiger partial charge on any atom is -0.324 e. The van der Waals surface area contributed by atoms with Crippen molar-refractivity contribution in [2.75, 3.05) is 10.9 Å². The smallest absolute Gasteiger partial charge is 0.0485 e. The summed E-state index contributed by atoms with van der Waals surface area (Å²) in [5.41, 5.74) is 9.49.